The summed E-state index contributed by atoms with van der Waals surface area (Å²) in [5, 5.41) is -0.365. The Balaban J connectivity index is 2.85. The zero-order valence-corrected chi connectivity index (χ0v) is 7.73. The van der Waals surface area contributed by atoms with Crippen LogP contribution in [-0.4, -0.2) is 4.98 Å². The highest BCUT2D eigenvalue weighted by Crippen LogP contribution is 2.27. The zero-order valence-electron chi connectivity index (χ0n) is 7.73. The molecule has 6 heteroatoms. The number of fused-ring (bicyclic) bond motifs is 1. The third-order valence-corrected chi connectivity index (χ3v) is 2.11. The largest absolute Gasteiger partial charge is 0.431 e. The molecule has 84 valence electrons. The Hall–Kier alpha value is -1.85. The van der Waals surface area contributed by atoms with Crippen LogP contribution in [0.2, 0.25) is 0 Å². The third-order valence-electron chi connectivity index (χ3n) is 2.11. The minimum Gasteiger partial charge on any atom is -0.351 e. The van der Waals surface area contributed by atoms with E-state index in [1.807, 2.05) is 4.98 Å². The fourth-order valence-corrected chi connectivity index (χ4v) is 1.42. The third kappa shape index (κ3) is 1.66. The molecule has 0 fully saturated rings. The lowest BCUT2D eigenvalue weighted by Gasteiger charge is -2.07. The lowest BCUT2D eigenvalue weighted by molar-refractivity contribution is -0.141. The number of aromatic nitrogens is 1. The standard InChI is InChI=1S/C10H5F4NO/c11-5-2-1-3-6-9(5)7(16)4-8(15-6)10(12,13)14/h1-4H,(H,15,16). The second-order valence-corrected chi connectivity index (χ2v) is 3.21. The number of hydrogen-bond acceptors (Lipinski definition) is 1. The normalized spacial score (nSPS) is 12.0. The van der Waals surface area contributed by atoms with E-state index in [2.05, 4.69) is 0 Å². The Kier molecular flexibility index (Phi) is 2.22. The van der Waals surface area contributed by atoms with Crippen molar-refractivity contribution in [3.63, 3.8) is 0 Å². The van der Waals surface area contributed by atoms with Gasteiger partial charge in [0.2, 0.25) is 0 Å². The molecule has 1 aromatic carbocycles. The highest BCUT2D eigenvalue weighted by Gasteiger charge is 2.32. The Morgan fingerprint density at radius 3 is 2.50 bits per heavy atom. The van der Waals surface area contributed by atoms with E-state index in [9.17, 15) is 22.4 Å². The Morgan fingerprint density at radius 1 is 1.19 bits per heavy atom. The van der Waals surface area contributed by atoms with Crippen molar-refractivity contribution < 1.29 is 17.6 Å². The number of pyridine rings is 1. The van der Waals surface area contributed by atoms with Crippen LogP contribution in [0.25, 0.3) is 10.9 Å². The van der Waals surface area contributed by atoms with Gasteiger partial charge in [-0.15, -0.1) is 0 Å². The summed E-state index contributed by atoms with van der Waals surface area (Å²) in [5.41, 5.74) is -2.34. The molecule has 1 aromatic heterocycles. The average molecular weight is 231 g/mol. The van der Waals surface area contributed by atoms with E-state index in [1.54, 1.807) is 0 Å². The minimum atomic E-state index is -4.65. The van der Waals surface area contributed by atoms with Crippen molar-refractivity contribution >= 4 is 10.9 Å². The lowest BCUT2D eigenvalue weighted by atomic mass is 10.2. The Bertz CT molecular complexity index is 600. The molecule has 0 spiro atoms. The number of hydrogen-bond donors (Lipinski definition) is 1. The fourth-order valence-electron chi connectivity index (χ4n) is 1.42. The highest BCUT2D eigenvalue weighted by atomic mass is 19.4. The van der Waals surface area contributed by atoms with Crippen molar-refractivity contribution in [1.29, 1.82) is 0 Å². The molecule has 0 atom stereocenters. The summed E-state index contributed by atoms with van der Waals surface area (Å²) in [4.78, 5) is 13.3. The van der Waals surface area contributed by atoms with Crippen LogP contribution in [0.1, 0.15) is 5.69 Å². The quantitative estimate of drug-likeness (QED) is 0.694. The predicted molar refractivity (Wildman–Crippen MR) is 49.5 cm³/mol. The first-order valence-electron chi connectivity index (χ1n) is 4.28. The molecule has 0 aliphatic rings. The van der Waals surface area contributed by atoms with E-state index in [1.165, 1.54) is 12.1 Å². The molecule has 1 N–H and O–H groups in total. The van der Waals surface area contributed by atoms with Gasteiger partial charge >= 0.3 is 6.18 Å². The first-order chi connectivity index (χ1) is 7.39. The van der Waals surface area contributed by atoms with Crippen molar-refractivity contribution in [1.82, 2.24) is 4.98 Å². The Labute approximate surface area is 86.5 Å². The summed E-state index contributed by atoms with van der Waals surface area (Å²) < 4.78 is 50.2. The molecule has 0 saturated carbocycles. The van der Waals surface area contributed by atoms with Crippen LogP contribution in [0.4, 0.5) is 17.6 Å². The van der Waals surface area contributed by atoms with E-state index in [-0.39, 0.29) is 10.9 Å². The molecule has 0 unspecified atom stereocenters. The van der Waals surface area contributed by atoms with Gasteiger partial charge in [-0.3, -0.25) is 4.79 Å². The second kappa shape index (κ2) is 3.33. The first kappa shape index (κ1) is 10.7. The summed E-state index contributed by atoms with van der Waals surface area (Å²) in [6, 6.07) is 3.82. The SMILES string of the molecule is O=c1cc(C(F)(F)F)[nH]c2cccc(F)c12. The van der Waals surface area contributed by atoms with Gasteiger partial charge in [-0.25, -0.2) is 4.39 Å². The summed E-state index contributed by atoms with van der Waals surface area (Å²) in [6.45, 7) is 0. The number of nitrogens with one attached hydrogen (secondary N) is 1. The van der Waals surface area contributed by atoms with Gasteiger partial charge in [-0.1, -0.05) is 6.07 Å². The summed E-state index contributed by atoms with van der Waals surface area (Å²) >= 11 is 0. The first-order valence-corrected chi connectivity index (χ1v) is 4.28. The number of rotatable bonds is 0. The molecule has 0 aliphatic heterocycles. The number of H-pyrrole nitrogens is 1. The molecule has 2 rings (SSSR count). The minimum absolute atomic E-state index is 0.167. The van der Waals surface area contributed by atoms with Gasteiger partial charge in [0.1, 0.15) is 11.5 Å². The predicted octanol–water partition coefficient (Wildman–Crippen LogP) is 2.69. The molecular formula is C10H5F4NO. The molecule has 0 aliphatic carbocycles. The van der Waals surface area contributed by atoms with Gasteiger partial charge in [0.15, 0.2) is 5.43 Å². The van der Waals surface area contributed by atoms with Crippen molar-refractivity contribution in [2.75, 3.05) is 0 Å². The molecule has 16 heavy (non-hydrogen) atoms. The maximum atomic E-state index is 13.2. The van der Waals surface area contributed by atoms with Crippen LogP contribution in [0.15, 0.2) is 29.1 Å². The number of alkyl halides is 3. The molecule has 0 saturated heterocycles. The average Bonchev–Trinajstić information content (AvgIpc) is 2.15. The lowest BCUT2D eigenvalue weighted by Crippen LogP contribution is -2.14. The van der Waals surface area contributed by atoms with E-state index in [4.69, 9.17) is 0 Å². The van der Waals surface area contributed by atoms with Crippen LogP contribution < -0.4 is 5.43 Å². The van der Waals surface area contributed by atoms with E-state index >= 15 is 0 Å². The molecule has 0 radical (unpaired) electrons. The summed E-state index contributed by atoms with van der Waals surface area (Å²) in [7, 11) is 0. The van der Waals surface area contributed by atoms with Crippen LogP contribution in [0.5, 0.6) is 0 Å². The van der Waals surface area contributed by atoms with Crippen molar-refractivity contribution in [3.8, 4) is 0 Å². The maximum absolute atomic E-state index is 13.2. The van der Waals surface area contributed by atoms with E-state index in [0.717, 1.165) is 6.07 Å². The topological polar surface area (TPSA) is 32.9 Å². The van der Waals surface area contributed by atoms with E-state index < -0.39 is 23.1 Å². The van der Waals surface area contributed by atoms with Gasteiger partial charge in [0.25, 0.3) is 0 Å². The monoisotopic (exact) mass is 231 g/mol. The molecule has 2 nitrogen and oxygen atoms in total. The molecule has 0 bridgehead atoms. The molecule has 1 heterocycles. The fraction of sp³-hybridized carbons (Fsp3) is 0.100. The molecule has 2 aromatic rings. The smallest absolute Gasteiger partial charge is 0.351 e. The van der Waals surface area contributed by atoms with Gasteiger partial charge in [-0.2, -0.15) is 13.2 Å². The van der Waals surface area contributed by atoms with Crippen LogP contribution in [0, 0.1) is 5.82 Å². The van der Waals surface area contributed by atoms with Gasteiger partial charge in [0.05, 0.1) is 10.9 Å². The van der Waals surface area contributed by atoms with Crippen LogP contribution >= 0.6 is 0 Å². The molecule has 0 amide bonds. The van der Waals surface area contributed by atoms with E-state index in [0.29, 0.717) is 6.07 Å². The Morgan fingerprint density at radius 2 is 1.88 bits per heavy atom. The van der Waals surface area contributed by atoms with Gasteiger partial charge in [-0.05, 0) is 12.1 Å². The summed E-state index contributed by atoms with van der Waals surface area (Å²) in [5.74, 6) is -0.840. The van der Waals surface area contributed by atoms with Crippen LogP contribution in [-0.2, 0) is 6.18 Å². The van der Waals surface area contributed by atoms with Crippen molar-refractivity contribution in [3.05, 3.63) is 46.0 Å². The summed E-state index contributed by atoms with van der Waals surface area (Å²) in [6.07, 6.45) is -4.65. The van der Waals surface area contributed by atoms with Crippen molar-refractivity contribution in [2.24, 2.45) is 0 Å². The maximum Gasteiger partial charge on any atom is 0.431 e. The highest BCUT2D eigenvalue weighted by molar-refractivity contribution is 5.79. The second-order valence-electron chi connectivity index (χ2n) is 3.21. The zero-order chi connectivity index (χ0) is 11.9. The number of aromatic amines is 1. The van der Waals surface area contributed by atoms with Gasteiger partial charge in [0, 0.05) is 6.07 Å². The van der Waals surface area contributed by atoms with Gasteiger partial charge < -0.3 is 4.98 Å². The number of benzene rings is 1. The van der Waals surface area contributed by atoms with Crippen LogP contribution in [0.3, 0.4) is 0 Å². The number of halogens is 4. The molecular weight excluding hydrogens is 226 g/mol. The van der Waals surface area contributed by atoms with Crippen molar-refractivity contribution in [2.45, 2.75) is 6.18 Å².